The molecular weight excluding hydrogens is 282 g/mol. The smallest absolute Gasteiger partial charge is 0.244 e. The maximum absolute atomic E-state index is 12.2. The quantitative estimate of drug-likeness (QED) is 0.888. The Morgan fingerprint density at radius 3 is 2.53 bits per heavy atom. The predicted octanol–water partition coefficient (Wildman–Crippen LogP) is 2.13. The summed E-state index contributed by atoms with van der Waals surface area (Å²) >= 11 is 1.63. The van der Waals surface area contributed by atoms with Gasteiger partial charge in [0.2, 0.25) is 10.0 Å². The van der Waals surface area contributed by atoms with Gasteiger partial charge in [0.05, 0.1) is 11.4 Å². The lowest BCUT2D eigenvalue weighted by molar-refractivity contribution is 0.580. The zero-order valence-corrected chi connectivity index (χ0v) is 12.8. The van der Waals surface area contributed by atoms with Gasteiger partial charge in [0.1, 0.15) is 4.90 Å². The van der Waals surface area contributed by atoms with E-state index in [1.807, 2.05) is 12.1 Å². The van der Waals surface area contributed by atoms with E-state index in [4.69, 9.17) is 0 Å². The van der Waals surface area contributed by atoms with E-state index in [0.717, 1.165) is 11.3 Å². The molecule has 0 aliphatic rings. The van der Waals surface area contributed by atoms with E-state index in [1.165, 1.54) is 4.88 Å². The molecule has 2 rings (SSSR count). The standard InChI is InChI=1S/C12H17N3O2S2/c1-4-10-5-6-11(18-10)7-13-19(16,17)12-8(2)14-15-9(12)3/h5-6,13H,4,7H2,1-3H3,(H,14,15). The number of aromatic nitrogens is 2. The van der Waals surface area contributed by atoms with E-state index in [-0.39, 0.29) is 4.90 Å². The van der Waals surface area contributed by atoms with Crippen LogP contribution in [0.4, 0.5) is 0 Å². The number of thiophene rings is 1. The maximum atomic E-state index is 12.2. The van der Waals surface area contributed by atoms with Gasteiger partial charge in [-0.05, 0) is 32.4 Å². The Balaban J connectivity index is 2.14. The minimum atomic E-state index is -3.51. The van der Waals surface area contributed by atoms with Gasteiger partial charge in [-0.2, -0.15) is 5.10 Å². The Hall–Kier alpha value is -1.18. The molecule has 0 radical (unpaired) electrons. The fraction of sp³-hybridized carbons (Fsp3) is 0.417. The molecular formula is C12H17N3O2S2. The Kier molecular flexibility index (Phi) is 4.07. The number of aryl methyl sites for hydroxylation is 3. The fourth-order valence-corrected chi connectivity index (χ4v) is 4.24. The van der Waals surface area contributed by atoms with E-state index < -0.39 is 10.0 Å². The molecule has 0 saturated heterocycles. The molecule has 0 spiro atoms. The minimum Gasteiger partial charge on any atom is -0.281 e. The summed E-state index contributed by atoms with van der Waals surface area (Å²) in [6, 6.07) is 3.99. The van der Waals surface area contributed by atoms with E-state index in [2.05, 4.69) is 21.8 Å². The van der Waals surface area contributed by atoms with Crippen molar-refractivity contribution in [2.45, 2.75) is 38.6 Å². The summed E-state index contributed by atoms with van der Waals surface area (Å²) in [6.07, 6.45) is 0.970. The summed E-state index contributed by atoms with van der Waals surface area (Å²) in [5.74, 6) is 0. The van der Waals surface area contributed by atoms with Gasteiger partial charge in [0.25, 0.3) is 0 Å². The predicted molar refractivity (Wildman–Crippen MR) is 75.8 cm³/mol. The van der Waals surface area contributed by atoms with Crippen molar-refractivity contribution < 1.29 is 8.42 Å². The molecule has 0 aromatic carbocycles. The molecule has 104 valence electrons. The number of aromatic amines is 1. The van der Waals surface area contributed by atoms with Crippen molar-refractivity contribution >= 4 is 21.4 Å². The van der Waals surface area contributed by atoms with Crippen LogP contribution < -0.4 is 4.72 Å². The summed E-state index contributed by atoms with van der Waals surface area (Å²) in [6.45, 7) is 5.78. The van der Waals surface area contributed by atoms with Crippen molar-refractivity contribution in [2.75, 3.05) is 0 Å². The molecule has 0 bridgehead atoms. The van der Waals surface area contributed by atoms with Crippen molar-refractivity contribution in [1.29, 1.82) is 0 Å². The summed E-state index contributed by atoms with van der Waals surface area (Å²) in [5.41, 5.74) is 1.05. The second-order valence-corrected chi connectivity index (χ2v) is 7.27. The highest BCUT2D eigenvalue weighted by atomic mass is 32.2. The summed E-state index contributed by atoms with van der Waals surface area (Å²) in [4.78, 5) is 2.52. The highest BCUT2D eigenvalue weighted by Crippen LogP contribution is 2.19. The van der Waals surface area contributed by atoms with Crippen molar-refractivity contribution in [3.63, 3.8) is 0 Å². The lowest BCUT2D eigenvalue weighted by Crippen LogP contribution is -2.23. The van der Waals surface area contributed by atoms with Gasteiger partial charge < -0.3 is 0 Å². The lowest BCUT2D eigenvalue weighted by Gasteiger charge is -2.05. The van der Waals surface area contributed by atoms with Crippen LogP contribution >= 0.6 is 11.3 Å². The van der Waals surface area contributed by atoms with Crippen LogP contribution in [0.15, 0.2) is 17.0 Å². The largest absolute Gasteiger partial charge is 0.281 e. The third kappa shape index (κ3) is 3.05. The first-order valence-electron chi connectivity index (χ1n) is 6.03. The zero-order chi connectivity index (χ0) is 14.0. The van der Waals surface area contributed by atoms with Gasteiger partial charge in [0, 0.05) is 16.3 Å². The Morgan fingerprint density at radius 2 is 2.00 bits per heavy atom. The van der Waals surface area contributed by atoms with Crippen LogP contribution in [-0.4, -0.2) is 18.6 Å². The van der Waals surface area contributed by atoms with Crippen molar-refractivity contribution in [1.82, 2.24) is 14.9 Å². The van der Waals surface area contributed by atoms with Crippen LogP contribution in [0, 0.1) is 13.8 Å². The number of sulfonamides is 1. The van der Waals surface area contributed by atoms with Crippen LogP contribution in [0.2, 0.25) is 0 Å². The molecule has 2 aromatic heterocycles. The highest BCUT2D eigenvalue weighted by Gasteiger charge is 2.21. The van der Waals surface area contributed by atoms with E-state index in [1.54, 1.807) is 25.2 Å². The molecule has 0 atom stereocenters. The number of hydrogen-bond donors (Lipinski definition) is 2. The van der Waals surface area contributed by atoms with Crippen LogP contribution in [0.25, 0.3) is 0 Å². The second-order valence-electron chi connectivity index (χ2n) is 4.31. The van der Waals surface area contributed by atoms with Crippen LogP contribution in [0.3, 0.4) is 0 Å². The van der Waals surface area contributed by atoms with Gasteiger partial charge in [-0.15, -0.1) is 11.3 Å². The topological polar surface area (TPSA) is 74.8 Å². The Morgan fingerprint density at radius 1 is 1.32 bits per heavy atom. The maximum Gasteiger partial charge on any atom is 0.244 e. The first kappa shape index (κ1) is 14.2. The number of nitrogens with one attached hydrogen (secondary N) is 2. The molecule has 0 aliphatic heterocycles. The number of hydrogen-bond acceptors (Lipinski definition) is 4. The average molecular weight is 299 g/mol. The lowest BCUT2D eigenvalue weighted by atomic mass is 10.4. The molecule has 0 fully saturated rings. The third-order valence-electron chi connectivity index (χ3n) is 2.83. The molecule has 19 heavy (non-hydrogen) atoms. The second kappa shape index (κ2) is 5.44. The third-order valence-corrected chi connectivity index (χ3v) is 5.72. The molecule has 7 heteroatoms. The molecule has 0 saturated carbocycles. The SMILES string of the molecule is CCc1ccc(CNS(=O)(=O)c2c(C)n[nH]c2C)s1. The normalized spacial score (nSPS) is 11.9. The number of H-pyrrole nitrogens is 1. The van der Waals surface area contributed by atoms with Crippen molar-refractivity contribution in [3.8, 4) is 0 Å². The van der Waals surface area contributed by atoms with Gasteiger partial charge in [-0.1, -0.05) is 6.92 Å². The van der Waals surface area contributed by atoms with E-state index in [0.29, 0.717) is 17.9 Å². The van der Waals surface area contributed by atoms with Gasteiger partial charge in [-0.3, -0.25) is 5.10 Å². The van der Waals surface area contributed by atoms with Gasteiger partial charge in [-0.25, -0.2) is 13.1 Å². The molecule has 2 N–H and O–H groups in total. The molecule has 2 heterocycles. The molecule has 0 aliphatic carbocycles. The van der Waals surface area contributed by atoms with E-state index >= 15 is 0 Å². The van der Waals surface area contributed by atoms with Gasteiger partial charge in [0.15, 0.2) is 0 Å². The molecule has 0 unspecified atom stereocenters. The Labute approximate surface area is 117 Å². The average Bonchev–Trinajstić information content (AvgIpc) is 2.94. The first-order chi connectivity index (χ1) is 8.94. The van der Waals surface area contributed by atoms with Crippen LogP contribution in [0.5, 0.6) is 0 Å². The fourth-order valence-electron chi connectivity index (χ4n) is 1.88. The minimum absolute atomic E-state index is 0.250. The monoisotopic (exact) mass is 299 g/mol. The van der Waals surface area contributed by atoms with Crippen molar-refractivity contribution in [2.24, 2.45) is 0 Å². The summed E-state index contributed by atoms with van der Waals surface area (Å²) in [7, 11) is -3.51. The van der Waals surface area contributed by atoms with Crippen LogP contribution in [-0.2, 0) is 23.0 Å². The molecule has 0 amide bonds. The summed E-state index contributed by atoms with van der Waals surface area (Å²) in [5, 5.41) is 6.60. The summed E-state index contributed by atoms with van der Waals surface area (Å²) < 4.78 is 27.1. The van der Waals surface area contributed by atoms with Crippen LogP contribution in [0.1, 0.15) is 28.1 Å². The van der Waals surface area contributed by atoms with E-state index in [9.17, 15) is 8.42 Å². The number of rotatable bonds is 5. The molecule has 5 nitrogen and oxygen atoms in total. The highest BCUT2D eigenvalue weighted by molar-refractivity contribution is 7.89. The molecule has 2 aromatic rings. The Bertz CT molecular complexity index is 651. The zero-order valence-electron chi connectivity index (χ0n) is 11.1. The number of nitrogens with zero attached hydrogens (tertiary/aromatic N) is 1. The van der Waals surface area contributed by atoms with Gasteiger partial charge >= 0.3 is 0 Å². The first-order valence-corrected chi connectivity index (χ1v) is 8.33. The van der Waals surface area contributed by atoms with Crippen molar-refractivity contribution in [3.05, 3.63) is 33.3 Å².